The summed E-state index contributed by atoms with van der Waals surface area (Å²) >= 11 is 0. The standard InChI is InChI=1S/C20H38O4/c1-4-6-7-8-12-16-23-19(21)14-10-9-11-15-20(22)24-17-18(3)13-5-2/h18H,4-17H2,1-3H3. The van der Waals surface area contributed by atoms with Crippen LogP contribution in [0.15, 0.2) is 0 Å². The van der Waals surface area contributed by atoms with Crippen LogP contribution in [0.2, 0.25) is 0 Å². The average Bonchev–Trinajstić information content (AvgIpc) is 2.56. The molecule has 0 spiro atoms. The van der Waals surface area contributed by atoms with Crippen LogP contribution in [0.4, 0.5) is 0 Å². The molecule has 0 aliphatic rings. The molecule has 4 nitrogen and oxygen atoms in total. The Hall–Kier alpha value is -1.06. The summed E-state index contributed by atoms with van der Waals surface area (Å²) in [7, 11) is 0. The van der Waals surface area contributed by atoms with Crippen LogP contribution in [0.5, 0.6) is 0 Å². The monoisotopic (exact) mass is 342 g/mol. The molecule has 0 bridgehead atoms. The second-order valence-corrected chi connectivity index (χ2v) is 6.77. The minimum atomic E-state index is -0.118. The molecule has 0 N–H and O–H groups in total. The maximum Gasteiger partial charge on any atom is 0.305 e. The highest BCUT2D eigenvalue weighted by Gasteiger charge is 2.07. The van der Waals surface area contributed by atoms with Crippen molar-refractivity contribution in [2.75, 3.05) is 13.2 Å². The van der Waals surface area contributed by atoms with Gasteiger partial charge in [0.15, 0.2) is 0 Å². The summed E-state index contributed by atoms with van der Waals surface area (Å²) in [5.74, 6) is 0.213. The summed E-state index contributed by atoms with van der Waals surface area (Å²) in [4.78, 5) is 23.1. The first-order valence-electron chi connectivity index (χ1n) is 9.91. The van der Waals surface area contributed by atoms with Gasteiger partial charge in [0.2, 0.25) is 0 Å². The molecule has 0 amide bonds. The van der Waals surface area contributed by atoms with Crippen molar-refractivity contribution in [2.45, 2.75) is 97.8 Å². The lowest BCUT2D eigenvalue weighted by molar-refractivity contribution is -0.145. The molecule has 0 fully saturated rings. The molecule has 0 saturated heterocycles. The fourth-order valence-electron chi connectivity index (χ4n) is 2.56. The predicted octanol–water partition coefficient (Wildman–Crippen LogP) is 5.43. The maximum atomic E-state index is 11.6. The Balaban J connectivity index is 3.39. The highest BCUT2D eigenvalue weighted by atomic mass is 16.5. The zero-order chi connectivity index (χ0) is 18.0. The number of hydrogen-bond acceptors (Lipinski definition) is 4. The Labute approximate surface area is 148 Å². The molecule has 0 saturated carbocycles. The predicted molar refractivity (Wildman–Crippen MR) is 97.8 cm³/mol. The molecular formula is C20H38O4. The molecule has 142 valence electrons. The molecule has 0 aromatic carbocycles. The average molecular weight is 343 g/mol. The van der Waals surface area contributed by atoms with Gasteiger partial charge in [0.1, 0.15) is 0 Å². The van der Waals surface area contributed by atoms with E-state index in [1.807, 2.05) is 0 Å². The maximum absolute atomic E-state index is 11.6. The molecule has 0 aliphatic carbocycles. The van der Waals surface area contributed by atoms with Crippen LogP contribution in [0.1, 0.15) is 97.8 Å². The zero-order valence-corrected chi connectivity index (χ0v) is 16.1. The molecular weight excluding hydrogens is 304 g/mol. The van der Waals surface area contributed by atoms with Gasteiger partial charge in [-0.1, -0.05) is 59.3 Å². The number of hydrogen-bond donors (Lipinski definition) is 0. The van der Waals surface area contributed by atoms with Crippen LogP contribution in [-0.2, 0) is 19.1 Å². The second-order valence-electron chi connectivity index (χ2n) is 6.77. The molecule has 24 heavy (non-hydrogen) atoms. The minimum absolute atomic E-state index is 0.110. The van der Waals surface area contributed by atoms with Crippen molar-refractivity contribution < 1.29 is 19.1 Å². The van der Waals surface area contributed by atoms with Crippen molar-refractivity contribution in [3.8, 4) is 0 Å². The summed E-state index contributed by atoms with van der Waals surface area (Å²) in [6.45, 7) is 7.50. The van der Waals surface area contributed by atoms with Gasteiger partial charge in [-0.05, 0) is 31.6 Å². The number of esters is 2. The Morgan fingerprint density at radius 1 is 0.750 bits per heavy atom. The van der Waals surface area contributed by atoms with E-state index in [0.717, 1.165) is 44.9 Å². The first-order valence-corrected chi connectivity index (χ1v) is 9.91. The number of unbranched alkanes of at least 4 members (excludes halogenated alkanes) is 6. The van der Waals surface area contributed by atoms with Gasteiger partial charge in [-0.2, -0.15) is 0 Å². The first-order chi connectivity index (χ1) is 11.6. The molecule has 0 radical (unpaired) electrons. The lowest BCUT2D eigenvalue weighted by atomic mass is 10.1. The van der Waals surface area contributed by atoms with Crippen LogP contribution >= 0.6 is 0 Å². The normalized spacial score (nSPS) is 12.0. The third-order valence-electron chi connectivity index (χ3n) is 4.08. The first kappa shape index (κ1) is 22.9. The fraction of sp³-hybridized carbons (Fsp3) is 0.900. The quantitative estimate of drug-likeness (QED) is 0.277. The van der Waals surface area contributed by atoms with Gasteiger partial charge >= 0.3 is 11.9 Å². The molecule has 0 heterocycles. The lowest BCUT2D eigenvalue weighted by Crippen LogP contribution is -2.11. The summed E-state index contributed by atoms with van der Waals surface area (Å²) in [6.07, 6.45) is 11.4. The molecule has 0 aromatic rings. The molecule has 0 aromatic heterocycles. The number of carbonyl (C=O) groups is 2. The van der Waals surface area contributed by atoms with Gasteiger partial charge in [-0.3, -0.25) is 9.59 Å². The van der Waals surface area contributed by atoms with E-state index in [-0.39, 0.29) is 11.9 Å². The van der Waals surface area contributed by atoms with Crippen LogP contribution < -0.4 is 0 Å². The zero-order valence-electron chi connectivity index (χ0n) is 16.1. The van der Waals surface area contributed by atoms with E-state index in [2.05, 4.69) is 20.8 Å². The molecule has 4 heteroatoms. The summed E-state index contributed by atoms with van der Waals surface area (Å²) in [5, 5.41) is 0. The van der Waals surface area contributed by atoms with E-state index < -0.39 is 0 Å². The van der Waals surface area contributed by atoms with E-state index in [0.29, 0.717) is 32.0 Å². The summed E-state index contributed by atoms with van der Waals surface area (Å²) in [5.41, 5.74) is 0. The van der Waals surface area contributed by atoms with Crippen molar-refractivity contribution in [3.05, 3.63) is 0 Å². The second kappa shape index (κ2) is 16.8. The van der Waals surface area contributed by atoms with E-state index in [4.69, 9.17) is 9.47 Å². The Morgan fingerprint density at radius 2 is 1.33 bits per heavy atom. The van der Waals surface area contributed by atoms with Crippen LogP contribution in [0.25, 0.3) is 0 Å². The van der Waals surface area contributed by atoms with Gasteiger partial charge in [0.25, 0.3) is 0 Å². The largest absolute Gasteiger partial charge is 0.466 e. The van der Waals surface area contributed by atoms with E-state index in [9.17, 15) is 9.59 Å². The van der Waals surface area contributed by atoms with Gasteiger partial charge in [-0.15, -0.1) is 0 Å². The van der Waals surface area contributed by atoms with E-state index >= 15 is 0 Å². The fourth-order valence-corrected chi connectivity index (χ4v) is 2.56. The van der Waals surface area contributed by atoms with Crippen LogP contribution in [0, 0.1) is 5.92 Å². The van der Waals surface area contributed by atoms with Gasteiger partial charge in [-0.25, -0.2) is 0 Å². The molecule has 0 aliphatic heterocycles. The Kier molecular flexibility index (Phi) is 16.0. The third kappa shape index (κ3) is 15.8. The smallest absolute Gasteiger partial charge is 0.305 e. The Bertz CT molecular complexity index is 315. The van der Waals surface area contributed by atoms with E-state index in [1.54, 1.807) is 0 Å². The summed E-state index contributed by atoms with van der Waals surface area (Å²) < 4.78 is 10.5. The van der Waals surface area contributed by atoms with Gasteiger partial charge in [0, 0.05) is 12.8 Å². The minimum Gasteiger partial charge on any atom is -0.466 e. The van der Waals surface area contributed by atoms with Crippen molar-refractivity contribution >= 4 is 11.9 Å². The van der Waals surface area contributed by atoms with Crippen LogP contribution in [0.3, 0.4) is 0 Å². The number of ether oxygens (including phenoxy) is 2. The third-order valence-corrected chi connectivity index (χ3v) is 4.08. The Morgan fingerprint density at radius 3 is 1.96 bits per heavy atom. The van der Waals surface area contributed by atoms with E-state index in [1.165, 1.54) is 19.3 Å². The summed E-state index contributed by atoms with van der Waals surface area (Å²) in [6, 6.07) is 0. The van der Waals surface area contributed by atoms with Gasteiger partial charge < -0.3 is 9.47 Å². The van der Waals surface area contributed by atoms with Gasteiger partial charge in [0.05, 0.1) is 13.2 Å². The van der Waals surface area contributed by atoms with Crippen molar-refractivity contribution in [1.82, 2.24) is 0 Å². The van der Waals surface area contributed by atoms with Crippen molar-refractivity contribution in [3.63, 3.8) is 0 Å². The van der Waals surface area contributed by atoms with Crippen molar-refractivity contribution in [2.24, 2.45) is 5.92 Å². The molecule has 0 rings (SSSR count). The SMILES string of the molecule is CCCCCCCOC(=O)CCCCCC(=O)OCC(C)CCC. The topological polar surface area (TPSA) is 52.6 Å². The number of carbonyl (C=O) groups excluding carboxylic acids is 2. The van der Waals surface area contributed by atoms with Crippen molar-refractivity contribution in [1.29, 1.82) is 0 Å². The molecule has 1 unspecified atom stereocenters. The highest BCUT2D eigenvalue weighted by Crippen LogP contribution is 2.09. The lowest BCUT2D eigenvalue weighted by Gasteiger charge is -2.10. The highest BCUT2D eigenvalue weighted by molar-refractivity contribution is 5.69. The number of rotatable bonds is 16. The molecule has 1 atom stereocenters. The van der Waals surface area contributed by atoms with Crippen LogP contribution in [-0.4, -0.2) is 25.2 Å².